The zero-order valence-electron chi connectivity index (χ0n) is 20.3. The Hall–Kier alpha value is -2.41. The molecule has 1 aliphatic heterocycles. The largest absolute Gasteiger partial charge is 0.376 e. The topological polar surface area (TPSA) is 79.0 Å². The van der Waals surface area contributed by atoms with E-state index in [1.54, 1.807) is 14.1 Å². The molecule has 0 radical (unpaired) electrons. The third-order valence-electron chi connectivity index (χ3n) is 6.93. The van der Waals surface area contributed by atoms with Crippen LogP contribution in [0.15, 0.2) is 30.3 Å². The lowest BCUT2D eigenvalue weighted by Gasteiger charge is -2.42. The second-order valence-electron chi connectivity index (χ2n) is 9.54. The van der Waals surface area contributed by atoms with Gasteiger partial charge in [0.05, 0.1) is 24.8 Å². The smallest absolute Gasteiger partial charge is 0.311 e. The molecular weight excluding hydrogens is 418 g/mol. The van der Waals surface area contributed by atoms with Gasteiger partial charge in [-0.05, 0) is 56.4 Å². The van der Waals surface area contributed by atoms with Crippen molar-refractivity contribution in [2.24, 2.45) is 0 Å². The maximum Gasteiger partial charge on any atom is 0.311 e. The van der Waals surface area contributed by atoms with E-state index in [-0.39, 0.29) is 24.1 Å². The van der Waals surface area contributed by atoms with E-state index in [0.717, 1.165) is 44.9 Å². The summed E-state index contributed by atoms with van der Waals surface area (Å²) < 4.78 is 6.34. The number of likely N-dealkylation sites (N-methyl/N-ethyl adjacent to an activating group) is 1. The molecule has 1 heterocycles. The highest BCUT2D eigenvalue weighted by molar-refractivity contribution is 6.34. The van der Waals surface area contributed by atoms with Gasteiger partial charge in [-0.3, -0.25) is 14.4 Å². The number of benzene rings is 1. The van der Waals surface area contributed by atoms with Gasteiger partial charge in [-0.1, -0.05) is 37.3 Å². The van der Waals surface area contributed by atoms with Gasteiger partial charge >= 0.3 is 11.8 Å². The number of nitrogens with zero attached hydrogens (tertiary/aromatic N) is 2. The molecule has 0 aromatic heterocycles. The molecular formula is C26H39N3O4. The van der Waals surface area contributed by atoms with Gasteiger partial charge in [0.1, 0.15) is 0 Å². The number of nitrogens with one attached hydrogen (secondary N) is 1. The number of carbonyl (C=O) groups excluding carboxylic acids is 3. The Bertz CT molecular complexity index is 790. The Morgan fingerprint density at radius 2 is 1.76 bits per heavy atom. The zero-order chi connectivity index (χ0) is 23.8. The first-order valence-corrected chi connectivity index (χ1v) is 12.4. The molecule has 1 saturated heterocycles. The Morgan fingerprint density at radius 3 is 2.39 bits per heavy atom. The predicted molar refractivity (Wildman–Crippen MR) is 128 cm³/mol. The van der Waals surface area contributed by atoms with Crippen LogP contribution in [0.3, 0.4) is 0 Å². The van der Waals surface area contributed by atoms with Crippen molar-refractivity contribution in [2.75, 3.05) is 27.2 Å². The van der Waals surface area contributed by atoms with Crippen LogP contribution in [-0.4, -0.2) is 73.0 Å². The summed E-state index contributed by atoms with van der Waals surface area (Å²) in [7, 11) is 3.12. The van der Waals surface area contributed by atoms with E-state index >= 15 is 0 Å². The van der Waals surface area contributed by atoms with Crippen LogP contribution in [0, 0.1) is 0 Å². The fraction of sp³-hybridized carbons (Fsp3) is 0.654. The average Bonchev–Trinajstić information content (AvgIpc) is 2.83. The molecule has 2 atom stereocenters. The van der Waals surface area contributed by atoms with Gasteiger partial charge in [0.2, 0.25) is 5.91 Å². The van der Waals surface area contributed by atoms with E-state index in [4.69, 9.17) is 4.74 Å². The van der Waals surface area contributed by atoms with Crippen LogP contribution in [-0.2, 0) is 19.1 Å². The summed E-state index contributed by atoms with van der Waals surface area (Å²) in [6.45, 7) is 3.05. The van der Waals surface area contributed by atoms with Gasteiger partial charge in [0.25, 0.3) is 0 Å². The highest BCUT2D eigenvalue weighted by atomic mass is 16.5. The molecule has 7 nitrogen and oxygen atoms in total. The number of rotatable bonds is 7. The summed E-state index contributed by atoms with van der Waals surface area (Å²) in [5.74, 6) is -0.529. The molecule has 7 heteroatoms. The van der Waals surface area contributed by atoms with Crippen LogP contribution in [0.1, 0.15) is 69.8 Å². The van der Waals surface area contributed by atoms with Crippen molar-refractivity contribution in [3.8, 4) is 0 Å². The quantitative estimate of drug-likeness (QED) is 0.638. The van der Waals surface area contributed by atoms with Crippen molar-refractivity contribution in [3.05, 3.63) is 35.9 Å². The van der Waals surface area contributed by atoms with Gasteiger partial charge in [-0.15, -0.1) is 0 Å². The number of amides is 3. The second kappa shape index (κ2) is 12.2. The fourth-order valence-electron chi connectivity index (χ4n) is 5.05. The van der Waals surface area contributed by atoms with Gasteiger partial charge in [0, 0.05) is 27.1 Å². The Labute approximate surface area is 197 Å². The van der Waals surface area contributed by atoms with Gasteiger partial charge in [-0.25, -0.2) is 0 Å². The molecule has 2 fully saturated rings. The van der Waals surface area contributed by atoms with Gasteiger partial charge < -0.3 is 19.9 Å². The average molecular weight is 458 g/mol. The molecule has 1 aromatic carbocycles. The fourth-order valence-corrected chi connectivity index (χ4v) is 5.05. The number of hydrogen-bond donors (Lipinski definition) is 1. The number of piperidine rings is 1. The summed E-state index contributed by atoms with van der Waals surface area (Å²) in [6.07, 6.45) is 7.13. The van der Waals surface area contributed by atoms with E-state index in [1.165, 1.54) is 10.5 Å². The van der Waals surface area contributed by atoms with E-state index in [0.29, 0.717) is 25.5 Å². The summed E-state index contributed by atoms with van der Waals surface area (Å²) in [5, 5.41) is 2.89. The lowest BCUT2D eigenvalue weighted by atomic mass is 9.83. The summed E-state index contributed by atoms with van der Waals surface area (Å²) in [4.78, 5) is 40.5. The van der Waals surface area contributed by atoms with E-state index in [9.17, 15) is 14.4 Å². The van der Waals surface area contributed by atoms with Crippen LogP contribution in [0.4, 0.5) is 0 Å². The molecule has 0 spiro atoms. The van der Waals surface area contributed by atoms with Crippen molar-refractivity contribution in [1.29, 1.82) is 0 Å². The van der Waals surface area contributed by atoms with Crippen LogP contribution < -0.4 is 5.32 Å². The SMILES string of the molecule is CCCC(=O)N1CCCC(NC(=O)C(=O)N(C)C)C1COC1CCC(c2ccccc2)CC1. The minimum atomic E-state index is -0.622. The molecule has 2 aliphatic rings. The van der Waals surface area contributed by atoms with E-state index < -0.39 is 11.8 Å². The molecule has 1 saturated carbocycles. The monoisotopic (exact) mass is 457 g/mol. The third-order valence-corrected chi connectivity index (χ3v) is 6.93. The minimum Gasteiger partial charge on any atom is -0.376 e. The van der Waals surface area contributed by atoms with E-state index in [2.05, 4.69) is 35.6 Å². The van der Waals surface area contributed by atoms with Crippen LogP contribution >= 0.6 is 0 Å². The Kier molecular flexibility index (Phi) is 9.30. The van der Waals surface area contributed by atoms with Crippen molar-refractivity contribution < 1.29 is 19.1 Å². The third kappa shape index (κ3) is 6.79. The number of carbonyl (C=O) groups is 3. The van der Waals surface area contributed by atoms with Gasteiger partial charge in [-0.2, -0.15) is 0 Å². The Morgan fingerprint density at radius 1 is 1.06 bits per heavy atom. The number of ether oxygens (including phenoxy) is 1. The first-order valence-electron chi connectivity index (χ1n) is 12.4. The minimum absolute atomic E-state index is 0.0942. The second-order valence-corrected chi connectivity index (χ2v) is 9.54. The molecule has 3 rings (SSSR count). The molecule has 1 N–H and O–H groups in total. The Balaban J connectivity index is 1.61. The van der Waals surface area contributed by atoms with Crippen molar-refractivity contribution in [2.45, 2.75) is 82.4 Å². The summed E-state index contributed by atoms with van der Waals surface area (Å²) in [5.41, 5.74) is 1.40. The lowest BCUT2D eigenvalue weighted by Crippen LogP contribution is -2.60. The van der Waals surface area contributed by atoms with E-state index in [1.807, 2.05) is 11.8 Å². The van der Waals surface area contributed by atoms with Gasteiger partial charge in [0.15, 0.2) is 0 Å². The molecule has 2 unspecified atom stereocenters. The highest BCUT2D eigenvalue weighted by Crippen LogP contribution is 2.34. The van der Waals surface area contributed by atoms with Crippen LogP contribution in [0.25, 0.3) is 0 Å². The van der Waals surface area contributed by atoms with Crippen molar-refractivity contribution in [3.63, 3.8) is 0 Å². The maximum atomic E-state index is 12.8. The normalized spacial score (nSPS) is 25.4. The zero-order valence-corrected chi connectivity index (χ0v) is 20.3. The summed E-state index contributed by atoms with van der Waals surface area (Å²) in [6, 6.07) is 10.1. The highest BCUT2D eigenvalue weighted by Gasteiger charge is 2.37. The first-order chi connectivity index (χ1) is 15.9. The molecule has 1 aliphatic carbocycles. The molecule has 0 bridgehead atoms. The molecule has 1 aromatic rings. The lowest BCUT2D eigenvalue weighted by molar-refractivity contribution is -0.146. The maximum absolute atomic E-state index is 12.8. The summed E-state index contributed by atoms with van der Waals surface area (Å²) >= 11 is 0. The predicted octanol–water partition coefficient (Wildman–Crippen LogP) is 3.09. The molecule has 3 amide bonds. The van der Waals surface area contributed by atoms with Crippen molar-refractivity contribution >= 4 is 17.7 Å². The first kappa shape index (κ1) is 25.2. The number of hydrogen-bond acceptors (Lipinski definition) is 4. The number of likely N-dealkylation sites (tertiary alicyclic amines) is 1. The standard InChI is InChI=1S/C26H39N3O4/c1-4-9-24(30)29-17-8-12-22(27-25(31)26(32)28(2)3)23(29)18-33-21-15-13-20(14-16-21)19-10-6-5-7-11-19/h5-7,10-11,20-23H,4,8-9,12-18H2,1-3H3,(H,27,31). The molecule has 182 valence electrons. The van der Waals surface area contributed by atoms with Crippen molar-refractivity contribution in [1.82, 2.24) is 15.1 Å². The van der Waals surface area contributed by atoms with Crippen LogP contribution in [0.2, 0.25) is 0 Å². The van der Waals surface area contributed by atoms with Crippen LogP contribution in [0.5, 0.6) is 0 Å². The molecule has 33 heavy (non-hydrogen) atoms.